The molecule has 1 aromatic carbocycles. The number of carbonyl (C=O) groups is 2. The van der Waals surface area contributed by atoms with Crippen molar-refractivity contribution in [2.24, 2.45) is 17.8 Å². The third-order valence-electron chi connectivity index (χ3n) is 6.57. The minimum atomic E-state index is -0.867. The maximum atomic E-state index is 12.8. The lowest BCUT2D eigenvalue weighted by molar-refractivity contribution is -0.126. The molecule has 3 unspecified atom stereocenters. The Bertz CT molecular complexity index is 746. The maximum absolute atomic E-state index is 12.8. The Hall–Kier alpha value is -2.08. The fourth-order valence-electron chi connectivity index (χ4n) is 4.99. The van der Waals surface area contributed by atoms with Crippen LogP contribution in [0.5, 0.6) is 0 Å². The van der Waals surface area contributed by atoms with Crippen LogP contribution in [-0.4, -0.2) is 40.9 Å². The van der Waals surface area contributed by atoms with E-state index in [0.29, 0.717) is 12.3 Å². The van der Waals surface area contributed by atoms with Gasteiger partial charge in [-0.3, -0.25) is 4.79 Å². The van der Waals surface area contributed by atoms with Crippen LogP contribution in [0.15, 0.2) is 30.3 Å². The van der Waals surface area contributed by atoms with E-state index >= 15 is 0 Å². The Morgan fingerprint density at radius 3 is 2.45 bits per heavy atom. The van der Waals surface area contributed by atoms with Crippen molar-refractivity contribution in [3.63, 3.8) is 0 Å². The molecule has 2 aliphatic rings. The van der Waals surface area contributed by atoms with E-state index in [1.165, 1.54) is 19.3 Å². The summed E-state index contributed by atoms with van der Waals surface area (Å²) in [5.41, 5.74) is 0.377. The molecular formula is C25H38N2O4. The molecule has 2 aliphatic carbocycles. The fraction of sp³-hybridized carbons (Fsp3) is 0.680. The van der Waals surface area contributed by atoms with Crippen molar-refractivity contribution in [3.8, 4) is 0 Å². The van der Waals surface area contributed by atoms with Crippen LogP contribution in [0.4, 0.5) is 4.79 Å². The molecule has 0 heterocycles. The predicted octanol–water partition coefficient (Wildman–Crippen LogP) is 3.81. The number of benzene rings is 1. The lowest BCUT2D eigenvalue weighted by Gasteiger charge is -2.29. The van der Waals surface area contributed by atoms with Crippen LogP contribution in [0, 0.1) is 17.8 Å². The fourth-order valence-corrected chi connectivity index (χ4v) is 4.99. The molecule has 0 saturated heterocycles. The summed E-state index contributed by atoms with van der Waals surface area (Å²) in [6, 6.07) is 9.44. The first-order valence-electron chi connectivity index (χ1n) is 11.6. The average molecular weight is 431 g/mol. The molecule has 0 aliphatic heterocycles. The number of rotatable bonds is 8. The highest BCUT2D eigenvalue weighted by molar-refractivity contribution is 5.78. The second kappa shape index (κ2) is 10.0. The van der Waals surface area contributed by atoms with Crippen molar-refractivity contribution in [1.29, 1.82) is 0 Å². The summed E-state index contributed by atoms with van der Waals surface area (Å²) in [7, 11) is 0. The Balaban J connectivity index is 1.58. The Labute approximate surface area is 186 Å². The van der Waals surface area contributed by atoms with Gasteiger partial charge in [0.05, 0.1) is 12.1 Å². The van der Waals surface area contributed by atoms with E-state index in [4.69, 9.17) is 4.74 Å². The molecule has 3 rings (SSSR count). The van der Waals surface area contributed by atoms with Gasteiger partial charge < -0.3 is 20.5 Å². The van der Waals surface area contributed by atoms with Crippen molar-refractivity contribution in [1.82, 2.24) is 10.6 Å². The van der Waals surface area contributed by atoms with Gasteiger partial charge in [0.1, 0.15) is 5.60 Å². The molecule has 172 valence electrons. The van der Waals surface area contributed by atoms with Gasteiger partial charge in [-0.15, -0.1) is 0 Å². The number of alkyl carbamates (subject to hydrolysis) is 1. The largest absolute Gasteiger partial charge is 0.444 e. The summed E-state index contributed by atoms with van der Waals surface area (Å²) in [5, 5.41) is 17.0. The zero-order valence-corrected chi connectivity index (χ0v) is 19.3. The lowest BCUT2D eigenvalue weighted by Crippen LogP contribution is -2.48. The summed E-state index contributed by atoms with van der Waals surface area (Å²) in [6.07, 6.45) is 4.14. The number of aliphatic hydroxyl groups is 1. The van der Waals surface area contributed by atoms with Gasteiger partial charge in [-0.2, -0.15) is 0 Å². The molecule has 6 atom stereocenters. The zero-order valence-electron chi connectivity index (χ0n) is 19.3. The number of nitrogens with one attached hydrogen (secondary N) is 2. The lowest BCUT2D eigenvalue weighted by atomic mass is 9.92. The highest BCUT2D eigenvalue weighted by Crippen LogP contribution is 2.44. The number of amides is 2. The second-order valence-corrected chi connectivity index (χ2v) is 10.4. The van der Waals surface area contributed by atoms with Crippen molar-refractivity contribution < 1.29 is 19.4 Å². The minimum Gasteiger partial charge on any atom is -0.444 e. The van der Waals surface area contributed by atoms with Crippen LogP contribution in [-0.2, 0) is 16.0 Å². The number of carbonyl (C=O) groups excluding carboxylic acids is 2. The van der Waals surface area contributed by atoms with Gasteiger partial charge in [0, 0.05) is 12.0 Å². The smallest absolute Gasteiger partial charge is 0.407 e. The maximum Gasteiger partial charge on any atom is 0.407 e. The van der Waals surface area contributed by atoms with Gasteiger partial charge in [-0.05, 0) is 70.3 Å². The van der Waals surface area contributed by atoms with E-state index in [2.05, 4.69) is 10.6 Å². The number of ether oxygens (including phenoxy) is 1. The van der Waals surface area contributed by atoms with Crippen molar-refractivity contribution in [2.75, 3.05) is 0 Å². The quantitative estimate of drug-likeness (QED) is 0.585. The van der Waals surface area contributed by atoms with Gasteiger partial charge in [-0.1, -0.05) is 43.7 Å². The second-order valence-electron chi connectivity index (χ2n) is 10.4. The van der Waals surface area contributed by atoms with Crippen molar-refractivity contribution in [2.45, 2.75) is 90.0 Å². The summed E-state index contributed by atoms with van der Waals surface area (Å²) < 4.78 is 5.38. The molecule has 0 radical (unpaired) electrons. The van der Waals surface area contributed by atoms with Crippen molar-refractivity contribution in [3.05, 3.63) is 35.9 Å². The van der Waals surface area contributed by atoms with E-state index in [1.807, 2.05) is 37.3 Å². The van der Waals surface area contributed by atoms with Gasteiger partial charge in [0.15, 0.2) is 0 Å². The summed E-state index contributed by atoms with van der Waals surface area (Å²) in [4.78, 5) is 25.1. The van der Waals surface area contributed by atoms with Crippen LogP contribution >= 0.6 is 0 Å². The molecule has 0 spiro atoms. The molecule has 2 amide bonds. The summed E-state index contributed by atoms with van der Waals surface area (Å²) >= 11 is 0. The van der Waals surface area contributed by atoms with E-state index in [-0.39, 0.29) is 24.3 Å². The molecule has 6 heteroatoms. The third kappa shape index (κ3) is 6.96. The average Bonchev–Trinajstić information content (AvgIpc) is 3.29. The van der Waals surface area contributed by atoms with Crippen LogP contribution < -0.4 is 10.6 Å². The molecule has 2 bridgehead atoms. The Morgan fingerprint density at radius 2 is 1.87 bits per heavy atom. The Morgan fingerprint density at radius 1 is 1.16 bits per heavy atom. The first kappa shape index (κ1) is 23.6. The van der Waals surface area contributed by atoms with E-state index in [0.717, 1.165) is 17.9 Å². The van der Waals surface area contributed by atoms with E-state index in [9.17, 15) is 14.7 Å². The predicted molar refractivity (Wildman–Crippen MR) is 120 cm³/mol. The molecule has 2 saturated carbocycles. The SMILES string of the molecule is C[C@H](C[C@H](O)[C@H](Cc1ccccc1)NC(=O)OC(C)(C)C)C(=O)NC1CC2CCC1C2. The monoisotopic (exact) mass is 430 g/mol. The van der Waals surface area contributed by atoms with E-state index in [1.54, 1.807) is 20.8 Å². The first-order valence-corrected chi connectivity index (χ1v) is 11.6. The topological polar surface area (TPSA) is 87.7 Å². The third-order valence-corrected chi connectivity index (χ3v) is 6.57. The van der Waals surface area contributed by atoms with Crippen LogP contribution in [0.2, 0.25) is 0 Å². The van der Waals surface area contributed by atoms with Crippen LogP contribution in [0.1, 0.15) is 65.4 Å². The van der Waals surface area contributed by atoms with Gasteiger partial charge in [0.2, 0.25) is 5.91 Å². The van der Waals surface area contributed by atoms with E-state index < -0.39 is 23.8 Å². The van der Waals surface area contributed by atoms with Gasteiger partial charge in [-0.25, -0.2) is 4.79 Å². The molecule has 1 aromatic rings. The number of aliphatic hydroxyl groups excluding tert-OH is 1. The number of hydrogen-bond donors (Lipinski definition) is 3. The van der Waals surface area contributed by atoms with Gasteiger partial charge in [0.25, 0.3) is 0 Å². The summed E-state index contributed by atoms with van der Waals surface area (Å²) in [5.74, 6) is 1.04. The summed E-state index contributed by atoms with van der Waals surface area (Å²) in [6.45, 7) is 7.25. The molecular weight excluding hydrogens is 392 g/mol. The highest BCUT2D eigenvalue weighted by Gasteiger charge is 2.40. The molecule has 3 N–H and O–H groups in total. The van der Waals surface area contributed by atoms with Gasteiger partial charge >= 0.3 is 6.09 Å². The standard InChI is InChI=1S/C25H38N2O4/c1-16(23(29)26-20-15-18-10-11-19(20)13-18)12-22(28)21(14-17-8-6-5-7-9-17)27-24(30)31-25(2,3)4/h5-9,16,18-22,28H,10-15H2,1-4H3,(H,26,29)(H,27,30)/t16-,18?,19?,20?,21+,22+/m1/s1. The number of fused-ring (bicyclic) bond motifs is 2. The minimum absolute atomic E-state index is 0.00710. The molecule has 0 aromatic heterocycles. The van der Waals surface area contributed by atoms with Crippen LogP contribution in [0.3, 0.4) is 0 Å². The highest BCUT2D eigenvalue weighted by atomic mass is 16.6. The number of hydrogen-bond acceptors (Lipinski definition) is 4. The molecule has 31 heavy (non-hydrogen) atoms. The first-order chi connectivity index (χ1) is 14.6. The van der Waals surface area contributed by atoms with Crippen molar-refractivity contribution >= 4 is 12.0 Å². The zero-order chi connectivity index (χ0) is 22.6. The van der Waals surface area contributed by atoms with Crippen LogP contribution in [0.25, 0.3) is 0 Å². The Kier molecular flexibility index (Phi) is 7.63. The normalized spacial score (nSPS) is 25.5. The molecule has 2 fully saturated rings. The molecule has 6 nitrogen and oxygen atoms in total.